The van der Waals surface area contributed by atoms with E-state index in [9.17, 15) is 9.59 Å². The van der Waals surface area contributed by atoms with Crippen molar-refractivity contribution in [3.05, 3.63) is 12.2 Å². The van der Waals surface area contributed by atoms with Gasteiger partial charge in [0.2, 0.25) is 0 Å². The van der Waals surface area contributed by atoms with Crippen LogP contribution in [0.4, 0.5) is 0 Å². The zero-order chi connectivity index (χ0) is 9.90. The predicted molar refractivity (Wildman–Crippen MR) is 51.4 cm³/mol. The van der Waals surface area contributed by atoms with Crippen LogP contribution in [0.3, 0.4) is 0 Å². The summed E-state index contributed by atoms with van der Waals surface area (Å²) in [6.45, 7) is 3.81. The van der Waals surface area contributed by atoms with Crippen LogP contribution < -0.4 is 0 Å². The highest BCUT2D eigenvalue weighted by molar-refractivity contribution is 6.12. The van der Waals surface area contributed by atoms with Crippen molar-refractivity contribution in [3.8, 4) is 0 Å². The summed E-state index contributed by atoms with van der Waals surface area (Å²) in [4.78, 5) is 22.9. The van der Waals surface area contributed by atoms with E-state index in [2.05, 4.69) is 0 Å². The molecule has 0 bridgehead atoms. The van der Waals surface area contributed by atoms with Crippen LogP contribution in [-0.4, -0.2) is 11.6 Å². The topological polar surface area (TPSA) is 34.1 Å². The second-order valence-electron chi connectivity index (χ2n) is 3.76. The highest BCUT2D eigenvalue weighted by Crippen LogP contribution is 2.34. The number of carbonyl (C=O) groups is 2. The first-order chi connectivity index (χ1) is 6.11. The maximum absolute atomic E-state index is 11.4. The quantitative estimate of drug-likeness (QED) is 0.493. The number of Topliss-reactive ketones (excluding diaryl/α,β-unsaturated/α-hetero) is 2. The molecule has 0 aromatic heterocycles. The summed E-state index contributed by atoms with van der Waals surface area (Å²) >= 11 is 0. The highest BCUT2D eigenvalue weighted by atomic mass is 16.2. The highest BCUT2D eigenvalue weighted by Gasteiger charge is 2.43. The average Bonchev–Trinajstić information content (AvgIpc) is 2.35. The third kappa shape index (κ3) is 1.87. The molecule has 1 aliphatic carbocycles. The molecule has 0 saturated heterocycles. The Bertz CT molecular complexity index is 235. The van der Waals surface area contributed by atoms with E-state index in [4.69, 9.17) is 0 Å². The molecule has 1 fully saturated rings. The van der Waals surface area contributed by atoms with Crippen molar-refractivity contribution in [1.82, 2.24) is 0 Å². The Morgan fingerprint density at radius 3 is 2.23 bits per heavy atom. The van der Waals surface area contributed by atoms with Crippen LogP contribution in [0.25, 0.3) is 0 Å². The Morgan fingerprint density at radius 1 is 1.23 bits per heavy atom. The fourth-order valence-corrected chi connectivity index (χ4v) is 1.65. The van der Waals surface area contributed by atoms with Gasteiger partial charge in [-0.3, -0.25) is 9.59 Å². The van der Waals surface area contributed by atoms with Crippen LogP contribution in [0.5, 0.6) is 0 Å². The first kappa shape index (κ1) is 10.2. The van der Waals surface area contributed by atoms with Gasteiger partial charge in [0.25, 0.3) is 0 Å². The van der Waals surface area contributed by atoms with Crippen molar-refractivity contribution >= 4 is 11.6 Å². The zero-order valence-electron chi connectivity index (χ0n) is 8.30. The van der Waals surface area contributed by atoms with E-state index in [0.29, 0.717) is 19.3 Å². The van der Waals surface area contributed by atoms with E-state index in [1.807, 2.05) is 19.1 Å². The summed E-state index contributed by atoms with van der Waals surface area (Å²) in [5.41, 5.74) is -0.703. The van der Waals surface area contributed by atoms with E-state index < -0.39 is 5.41 Å². The van der Waals surface area contributed by atoms with Crippen molar-refractivity contribution in [2.75, 3.05) is 0 Å². The summed E-state index contributed by atoms with van der Waals surface area (Å²) in [7, 11) is 0. The molecule has 1 saturated carbocycles. The van der Waals surface area contributed by atoms with Gasteiger partial charge in [0.1, 0.15) is 11.6 Å². The van der Waals surface area contributed by atoms with Gasteiger partial charge in [-0.25, -0.2) is 0 Å². The molecule has 1 aliphatic rings. The molecule has 0 atom stereocenters. The first-order valence-electron chi connectivity index (χ1n) is 4.83. The molecule has 0 radical (unpaired) electrons. The molecule has 0 heterocycles. The SMILES string of the molecule is CC/C=C/CC1(C)C(=O)CCC1=O. The van der Waals surface area contributed by atoms with Gasteiger partial charge in [-0.15, -0.1) is 0 Å². The Kier molecular flexibility index (Phi) is 3.02. The molecule has 2 nitrogen and oxygen atoms in total. The number of allylic oxidation sites excluding steroid dienone is 2. The van der Waals surface area contributed by atoms with Gasteiger partial charge in [0.05, 0.1) is 5.41 Å². The lowest BCUT2D eigenvalue weighted by Crippen LogP contribution is -2.28. The maximum atomic E-state index is 11.4. The first-order valence-corrected chi connectivity index (χ1v) is 4.83. The minimum Gasteiger partial charge on any atom is -0.299 e. The van der Waals surface area contributed by atoms with E-state index >= 15 is 0 Å². The lowest BCUT2D eigenvalue weighted by Gasteiger charge is -2.17. The lowest BCUT2D eigenvalue weighted by molar-refractivity contribution is -0.133. The molecule has 13 heavy (non-hydrogen) atoms. The van der Waals surface area contributed by atoms with E-state index in [1.54, 1.807) is 6.92 Å². The largest absolute Gasteiger partial charge is 0.299 e. The second kappa shape index (κ2) is 3.86. The summed E-state index contributed by atoms with van der Waals surface area (Å²) in [5.74, 6) is 0.219. The molecule has 0 spiro atoms. The maximum Gasteiger partial charge on any atom is 0.146 e. The van der Waals surface area contributed by atoms with Crippen molar-refractivity contribution in [1.29, 1.82) is 0 Å². The van der Waals surface area contributed by atoms with Crippen molar-refractivity contribution < 1.29 is 9.59 Å². The predicted octanol–water partition coefficient (Wildman–Crippen LogP) is 2.28. The fourth-order valence-electron chi connectivity index (χ4n) is 1.65. The molecular formula is C11H16O2. The van der Waals surface area contributed by atoms with Gasteiger partial charge in [-0.05, 0) is 19.8 Å². The Labute approximate surface area is 79.0 Å². The summed E-state index contributed by atoms with van der Waals surface area (Å²) in [6, 6.07) is 0. The Balaban J connectivity index is 2.68. The number of ketones is 2. The minimum absolute atomic E-state index is 0.109. The molecule has 2 heteroatoms. The van der Waals surface area contributed by atoms with Gasteiger partial charge in [-0.1, -0.05) is 19.1 Å². The molecule has 0 aromatic rings. The number of carbonyl (C=O) groups excluding carboxylic acids is 2. The summed E-state index contributed by atoms with van der Waals surface area (Å²) < 4.78 is 0. The van der Waals surface area contributed by atoms with Crippen LogP contribution in [0, 0.1) is 5.41 Å². The number of hydrogen-bond acceptors (Lipinski definition) is 2. The molecule has 0 amide bonds. The van der Waals surface area contributed by atoms with Crippen LogP contribution in [0.15, 0.2) is 12.2 Å². The number of rotatable bonds is 3. The third-order valence-electron chi connectivity index (χ3n) is 2.74. The van der Waals surface area contributed by atoms with E-state index in [-0.39, 0.29) is 11.6 Å². The van der Waals surface area contributed by atoms with E-state index in [0.717, 1.165) is 6.42 Å². The van der Waals surface area contributed by atoms with Crippen molar-refractivity contribution in [2.24, 2.45) is 5.41 Å². The molecule has 0 N–H and O–H groups in total. The van der Waals surface area contributed by atoms with Gasteiger partial charge >= 0.3 is 0 Å². The van der Waals surface area contributed by atoms with Gasteiger partial charge < -0.3 is 0 Å². The van der Waals surface area contributed by atoms with Crippen LogP contribution in [0.2, 0.25) is 0 Å². The normalized spacial score (nSPS) is 21.7. The average molecular weight is 180 g/mol. The number of hydrogen-bond donors (Lipinski definition) is 0. The van der Waals surface area contributed by atoms with Crippen LogP contribution >= 0.6 is 0 Å². The standard InChI is InChI=1S/C11H16O2/c1-3-4-5-8-11(2)9(12)6-7-10(11)13/h4-5H,3,6-8H2,1-2H3/b5-4+. The fraction of sp³-hybridized carbons (Fsp3) is 0.636. The smallest absolute Gasteiger partial charge is 0.146 e. The Morgan fingerprint density at radius 2 is 1.77 bits per heavy atom. The molecule has 0 unspecified atom stereocenters. The van der Waals surface area contributed by atoms with Crippen LogP contribution in [-0.2, 0) is 9.59 Å². The summed E-state index contributed by atoms with van der Waals surface area (Å²) in [6.07, 6.45) is 6.37. The molecule has 72 valence electrons. The lowest BCUT2D eigenvalue weighted by atomic mass is 9.83. The van der Waals surface area contributed by atoms with E-state index in [1.165, 1.54) is 0 Å². The van der Waals surface area contributed by atoms with Crippen molar-refractivity contribution in [3.63, 3.8) is 0 Å². The van der Waals surface area contributed by atoms with Gasteiger partial charge in [-0.2, -0.15) is 0 Å². The Hall–Kier alpha value is -0.920. The molecule has 1 rings (SSSR count). The molecule has 0 aromatic carbocycles. The monoisotopic (exact) mass is 180 g/mol. The minimum atomic E-state index is -0.703. The van der Waals surface area contributed by atoms with Gasteiger partial charge in [0, 0.05) is 12.8 Å². The molecule has 0 aliphatic heterocycles. The summed E-state index contributed by atoms with van der Waals surface area (Å²) in [5, 5.41) is 0. The van der Waals surface area contributed by atoms with Gasteiger partial charge in [0.15, 0.2) is 0 Å². The third-order valence-corrected chi connectivity index (χ3v) is 2.74. The second-order valence-corrected chi connectivity index (χ2v) is 3.76. The van der Waals surface area contributed by atoms with Crippen molar-refractivity contribution in [2.45, 2.75) is 39.5 Å². The molecular weight excluding hydrogens is 164 g/mol. The zero-order valence-corrected chi connectivity index (χ0v) is 8.30. The van der Waals surface area contributed by atoms with Crippen LogP contribution in [0.1, 0.15) is 39.5 Å².